The van der Waals surface area contributed by atoms with Gasteiger partial charge in [-0.05, 0) is 32.2 Å². The van der Waals surface area contributed by atoms with Gasteiger partial charge < -0.3 is 15.8 Å². The van der Waals surface area contributed by atoms with Gasteiger partial charge in [0.05, 0.1) is 13.2 Å². The first-order valence-electron chi connectivity index (χ1n) is 5.87. The van der Waals surface area contributed by atoms with Gasteiger partial charge in [0.25, 0.3) is 0 Å². The van der Waals surface area contributed by atoms with Crippen LogP contribution in [0.3, 0.4) is 0 Å². The van der Waals surface area contributed by atoms with Crippen molar-refractivity contribution in [1.82, 2.24) is 4.90 Å². The molecule has 0 fully saturated rings. The molecule has 0 aliphatic heterocycles. The van der Waals surface area contributed by atoms with E-state index in [9.17, 15) is 4.79 Å². The van der Waals surface area contributed by atoms with Crippen LogP contribution in [0.4, 0.5) is 11.4 Å². The van der Waals surface area contributed by atoms with Crippen LogP contribution < -0.4 is 11.1 Å². The van der Waals surface area contributed by atoms with E-state index in [1.54, 1.807) is 19.2 Å². The van der Waals surface area contributed by atoms with E-state index in [4.69, 9.17) is 10.5 Å². The maximum Gasteiger partial charge on any atom is 0.238 e. The zero-order valence-electron chi connectivity index (χ0n) is 11.1. The van der Waals surface area contributed by atoms with E-state index in [1.807, 2.05) is 31.0 Å². The second-order valence-electron chi connectivity index (χ2n) is 4.39. The Morgan fingerprint density at radius 1 is 1.56 bits per heavy atom. The Bertz CT molecular complexity index is 396. The lowest BCUT2D eigenvalue weighted by atomic mass is 10.2. The number of nitrogen functional groups attached to an aromatic ring is 1. The predicted molar refractivity (Wildman–Crippen MR) is 73.5 cm³/mol. The summed E-state index contributed by atoms with van der Waals surface area (Å²) >= 11 is 0. The number of benzene rings is 1. The van der Waals surface area contributed by atoms with Gasteiger partial charge in [0, 0.05) is 24.5 Å². The molecule has 1 aromatic carbocycles. The SMILES string of the molecule is COCC(C)N(C)CC(=O)Nc1cccc(N)c1. The molecule has 100 valence electrons. The first kappa shape index (κ1) is 14.5. The van der Waals surface area contributed by atoms with Gasteiger partial charge in [-0.15, -0.1) is 0 Å². The molecular weight excluding hydrogens is 230 g/mol. The fraction of sp³-hybridized carbons (Fsp3) is 0.462. The van der Waals surface area contributed by atoms with Crippen LogP contribution in [0.1, 0.15) is 6.92 Å². The minimum atomic E-state index is -0.0638. The highest BCUT2D eigenvalue weighted by Crippen LogP contribution is 2.11. The highest BCUT2D eigenvalue weighted by atomic mass is 16.5. The van der Waals surface area contributed by atoms with Gasteiger partial charge in [0.2, 0.25) is 5.91 Å². The summed E-state index contributed by atoms with van der Waals surface area (Å²) in [6, 6.07) is 7.33. The molecule has 0 saturated heterocycles. The van der Waals surface area contributed by atoms with Crippen molar-refractivity contribution < 1.29 is 9.53 Å². The highest BCUT2D eigenvalue weighted by Gasteiger charge is 2.12. The average molecular weight is 251 g/mol. The topological polar surface area (TPSA) is 67.6 Å². The highest BCUT2D eigenvalue weighted by molar-refractivity contribution is 5.92. The van der Waals surface area contributed by atoms with Crippen molar-refractivity contribution in [3.8, 4) is 0 Å². The molecule has 0 aliphatic rings. The molecule has 0 radical (unpaired) electrons. The first-order chi connectivity index (χ1) is 8.52. The molecule has 5 heteroatoms. The molecule has 1 atom stereocenters. The summed E-state index contributed by atoms with van der Waals surface area (Å²) in [5.74, 6) is -0.0638. The summed E-state index contributed by atoms with van der Waals surface area (Å²) in [5.41, 5.74) is 6.99. The lowest BCUT2D eigenvalue weighted by Crippen LogP contribution is -2.38. The van der Waals surface area contributed by atoms with Crippen LogP contribution in [0.2, 0.25) is 0 Å². The second-order valence-corrected chi connectivity index (χ2v) is 4.39. The number of hydrogen-bond donors (Lipinski definition) is 2. The number of rotatable bonds is 6. The van der Waals surface area contributed by atoms with Crippen LogP contribution in [0, 0.1) is 0 Å². The van der Waals surface area contributed by atoms with Gasteiger partial charge in [-0.2, -0.15) is 0 Å². The van der Waals surface area contributed by atoms with E-state index in [0.717, 1.165) is 0 Å². The fourth-order valence-corrected chi connectivity index (χ4v) is 1.57. The predicted octanol–water partition coefficient (Wildman–Crippen LogP) is 1.17. The lowest BCUT2D eigenvalue weighted by molar-refractivity contribution is -0.117. The van der Waals surface area contributed by atoms with Gasteiger partial charge in [-0.25, -0.2) is 0 Å². The summed E-state index contributed by atoms with van der Waals surface area (Å²) in [6.07, 6.45) is 0. The minimum Gasteiger partial charge on any atom is -0.399 e. The monoisotopic (exact) mass is 251 g/mol. The molecular formula is C13H21N3O2. The van der Waals surface area contributed by atoms with Crippen LogP contribution in [-0.4, -0.2) is 44.2 Å². The molecule has 1 amide bonds. The Morgan fingerprint density at radius 2 is 2.28 bits per heavy atom. The molecule has 0 heterocycles. The molecule has 1 aromatic rings. The number of nitrogens with one attached hydrogen (secondary N) is 1. The number of hydrogen-bond acceptors (Lipinski definition) is 4. The van der Waals surface area contributed by atoms with E-state index < -0.39 is 0 Å². The summed E-state index contributed by atoms with van der Waals surface area (Å²) in [7, 11) is 3.54. The fourth-order valence-electron chi connectivity index (χ4n) is 1.57. The quantitative estimate of drug-likeness (QED) is 0.745. The third kappa shape index (κ3) is 4.73. The third-order valence-electron chi connectivity index (χ3n) is 2.72. The zero-order chi connectivity index (χ0) is 13.5. The number of methoxy groups -OCH3 is 1. The molecule has 1 rings (SSSR count). The molecule has 0 aromatic heterocycles. The number of ether oxygens (including phenoxy) is 1. The van der Waals surface area contributed by atoms with Crippen molar-refractivity contribution in [3.63, 3.8) is 0 Å². The molecule has 0 spiro atoms. The average Bonchev–Trinajstić information content (AvgIpc) is 2.28. The second kappa shape index (κ2) is 6.98. The first-order valence-corrected chi connectivity index (χ1v) is 5.87. The molecule has 0 saturated carbocycles. The van der Waals surface area contributed by atoms with Crippen LogP contribution >= 0.6 is 0 Å². The Morgan fingerprint density at radius 3 is 2.89 bits per heavy atom. The van der Waals surface area contributed by atoms with Crippen molar-refractivity contribution in [2.24, 2.45) is 0 Å². The zero-order valence-corrected chi connectivity index (χ0v) is 11.1. The van der Waals surface area contributed by atoms with Gasteiger partial charge in [0.1, 0.15) is 0 Å². The van der Waals surface area contributed by atoms with E-state index in [2.05, 4.69) is 5.32 Å². The number of likely N-dealkylation sites (N-methyl/N-ethyl adjacent to an activating group) is 1. The van der Waals surface area contributed by atoms with Crippen molar-refractivity contribution >= 4 is 17.3 Å². The van der Waals surface area contributed by atoms with Crippen molar-refractivity contribution in [2.45, 2.75) is 13.0 Å². The molecule has 0 bridgehead atoms. The smallest absolute Gasteiger partial charge is 0.238 e. The Balaban J connectivity index is 2.46. The normalized spacial score (nSPS) is 12.4. The van der Waals surface area contributed by atoms with E-state index in [-0.39, 0.29) is 11.9 Å². The van der Waals surface area contributed by atoms with Crippen LogP contribution in [0.5, 0.6) is 0 Å². The molecule has 3 N–H and O–H groups in total. The number of carbonyl (C=O) groups excluding carboxylic acids is 1. The van der Waals surface area contributed by atoms with Gasteiger partial charge in [0.15, 0.2) is 0 Å². The van der Waals surface area contributed by atoms with Crippen LogP contribution in [-0.2, 0) is 9.53 Å². The molecule has 0 aliphatic carbocycles. The summed E-state index contributed by atoms with van der Waals surface area (Å²) < 4.78 is 5.05. The summed E-state index contributed by atoms with van der Waals surface area (Å²) in [4.78, 5) is 13.7. The molecule has 18 heavy (non-hydrogen) atoms. The van der Waals surface area contributed by atoms with Crippen LogP contribution in [0.15, 0.2) is 24.3 Å². The summed E-state index contributed by atoms with van der Waals surface area (Å²) in [5, 5.41) is 2.81. The Hall–Kier alpha value is -1.59. The van der Waals surface area contributed by atoms with Crippen molar-refractivity contribution in [3.05, 3.63) is 24.3 Å². The summed E-state index contributed by atoms with van der Waals surface area (Å²) in [6.45, 7) is 2.93. The van der Waals surface area contributed by atoms with E-state index in [0.29, 0.717) is 24.5 Å². The number of carbonyl (C=O) groups is 1. The van der Waals surface area contributed by atoms with E-state index >= 15 is 0 Å². The minimum absolute atomic E-state index is 0.0638. The van der Waals surface area contributed by atoms with E-state index in [1.165, 1.54) is 0 Å². The van der Waals surface area contributed by atoms with Gasteiger partial charge >= 0.3 is 0 Å². The standard InChI is InChI=1S/C13H21N3O2/c1-10(9-18-3)16(2)8-13(17)15-12-6-4-5-11(14)7-12/h4-7,10H,8-9,14H2,1-3H3,(H,15,17). The maximum atomic E-state index is 11.8. The molecule has 5 nitrogen and oxygen atoms in total. The van der Waals surface area contributed by atoms with Crippen molar-refractivity contribution in [2.75, 3.05) is 38.4 Å². The third-order valence-corrected chi connectivity index (χ3v) is 2.72. The Kier molecular flexibility index (Phi) is 5.61. The van der Waals surface area contributed by atoms with Crippen molar-refractivity contribution in [1.29, 1.82) is 0 Å². The maximum absolute atomic E-state index is 11.8. The van der Waals surface area contributed by atoms with Gasteiger partial charge in [-0.1, -0.05) is 6.07 Å². The van der Waals surface area contributed by atoms with Gasteiger partial charge in [-0.3, -0.25) is 9.69 Å². The number of nitrogens with zero attached hydrogens (tertiary/aromatic N) is 1. The molecule has 1 unspecified atom stereocenters. The number of amides is 1. The lowest BCUT2D eigenvalue weighted by Gasteiger charge is -2.23. The largest absolute Gasteiger partial charge is 0.399 e. The number of nitrogens with two attached hydrogens (primary N) is 1. The number of anilines is 2. The van der Waals surface area contributed by atoms with Crippen LogP contribution in [0.25, 0.3) is 0 Å². The Labute approximate surface area is 108 Å².